The number of benzene rings is 1. The summed E-state index contributed by atoms with van der Waals surface area (Å²) in [5.74, 6) is -0.481. The monoisotopic (exact) mass is 342 g/mol. The molecule has 0 unspecified atom stereocenters. The van der Waals surface area contributed by atoms with E-state index in [0.29, 0.717) is 5.02 Å². The second kappa shape index (κ2) is 6.30. The average Bonchev–Trinajstić information content (AvgIpc) is 2.87. The molecular formula is C13H11ClN2O5S. The molecule has 9 heteroatoms. The van der Waals surface area contributed by atoms with Crippen molar-refractivity contribution in [3.05, 3.63) is 52.2 Å². The SMILES string of the molecule is Cc1ccc(C(=O)NN=Cc2ccc(S(=O)(=O)O)o2)c(Cl)c1. The molecular weight excluding hydrogens is 332 g/mol. The second-order valence-corrected chi connectivity index (χ2v) is 6.07. The maximum absolute atomic E-state index is 11.9. The van der Waals surface area contributed by atoms with Gasteiger partial charge in [-0.2, -0.15) is 13.5 Å². The van der Waals surface area contributed by atoms with Crippen molar-refractivity contribution in [2.75, 3.05) is 0 Å². The number of carbonyl (C=O) groups excluding carboxylic acids is 1. The van der Waals surface area contributed by atoms with Crippen LogP contribution in [0.25, 0.3) is 0 Å². The molecule has 0 atom stereocenters. The van der Waals surface area contributed by atoms with Gasteiger partial charge < -0.3 is 4.42 Å². The molecule has 0 saturated carbocycles. The molecule has 2 aromatic rings. The van der Waals surface area contributed by atoms with Gasteiger partial charge in [-0.1, -0.05) is 17.7 Å². The standard InChI is InChI=1S/C13H11ClN2O5S/c1-8-2-4-10(11(14)6-8)13(17)16-15-7-9-3-5-12(21-9)22(18,19)20/h2-7H,1H3,(H,16,17)(H,18,19,20). The van der Waals surface area contributed by atoms with Crippen LogP contribution in [-0.2, 0) is 10.1 Å². The number of amides is 1. The third-order valence-corrected chi connectivity index (χ3v) is 3.62. The van der Waals surface area contributed by atoms with E-state index in [0.717, 1.165) is 17.8 Å². The molecule has 0 spiro atoms. The summed E-state index contributed by atoms with van der Waals surface area (Å²) in [5, 5.41) is 3.31. The third kappa shape index (κ3) is 3.94. The van der Waals surface area contributed by atoms with Crippen molar-refractivity contribution in [1.29, 1.82) is 0 Å². The highest BCUT2D eigenvalue weighted by atomic mass is 35.5. The fourth-order valence-electron chi connectivity index (χ4n) is 1.56. The predicted molar refractivity (Wildman–Crippen MR) is 79.8 cm³/mol. The Bertz CT molecular complexity index is 842. The topological polar surface area (TPSA) is 109 Å². The Morgan fingerprint density at radius 3 is 2.68 bits per heavy atom. The average molecular weight is 343 g/mol. The van der Waals surface area contributed by atoms with E-state index in [4.69, 9.17) is 20.6 Å². The first kappa shape index (κ1) is 16.2. The Morgan fingerprint density at radius 2 is 2.09 bits per heavy atom. The van der Waals surface area contributed by atoms with Gasteiger partial charge in [0.1, 0.15) is 5.76 Å². The number of halogens is 1. The van der Waals surface area contributed by atoms with Crippen LogP contribution in [0.15, 0.2) is 44.9 Å². The van der Waals surface area contributed by atoms with Crippen LogP contribution in [0, 0.1) is 6.92 Å². The number of carbonyl (C=O) groups is 1. The predicted octanol–water partition coefficient (Wildman–Crippen LogP) is 2.25. The molecule has 7 nitrogen and oxygen atoms in total. The molecule has 2 rings (SSSR count). The summed E-state index contributed by atoms with van der Waals surface area (Å²) in [6, 6.07) is 7.28. The molecule has 0 saturated heterocycles. The summed E-state index contributed by atoms with van der Waals surface area (Å²) >= 11 is 5.95. The van der Waals surface area contributed by atoms with Gasteiger partial charge >= 0.3 is 10.1 Å². The van der Waals surface area contributed by atoms with Crippen LogP contribution >= 0.6 is 11.6 Å². The lowest BCUT2D eigenvalue weighted by Crippen LogP contribution is -2.18. The quantitative estimate of drug-likeness (QED) is 0.503. The van der Waals surface area contributed by atoms with Gasteiger partial charge in [-0.15, -0.1) is 0 Å². The van der Waals surface area contributed by atoms with Crippen molar-refractivity contribution < 1.29 is 22.2 Å². The molecule has 1 aromatic heterocycles. The lowest BCUT2D eigenvalue weighted by atomic mass is 10.1. The van der Waals surface area contributed by atoms with Gasteiger partial charge in [0.15, 0.2) is 0 Å². The number of hydrazone groups is 1. The zero-order chi connectivity index (χ0) is 16.3. The summed E-state index contributed by atoms with van der Waals surface area (Å²) in [5.41, 5.74) is 3.40. The molecule has 116 valence electrons. The third-order valence-electron chi connectivity index (χ3n) is 2.58. The zero-order valence-electron chi connectivity index (χ0n) is 11.3. The van der Waals surface area contributed by atoms with Crippen LogP contribution < -0.4 is 5.43 Å². The van der Waals surface area contributed by atoms with Crippen molar-refractivity contribution >= 4 is 33.8 Å². The summed E-state index contributed by atoms with van der Waals surface area (Å²) in [6.07, 6.45) is 1.09. The number of hydrogen-bond donors (Lipinski definition) is 2. The van der Waals surface area contributed by atoms with Crippen LogP contribution in [-0.4, -0.2) is 25.1 Å². The van der Waals surface area contributed by atoms with Crippen LogP contribution in [0.3, 0.4) is 0 Å². The Kier molecular flexibility index (Phi) is 4.65. The van der Waals surface area contributed by atoms with Crippen LogP contribution in [0.5, 0.6) is 0 Å². The van der Waals surface area contributed by atoms with Crippen molar-refractivity contribution in [1.82, 2.24) is 5.43 Å². The van der Waals surface area contributed by atoms with E-state index >= 15 is 0 Å². The molecule has 1 aromatic carbocycles. The lowest BCUT2D eigenvalue weighted by Gasteiger charge is -2.03. The van der Waals surface area contributed by atoms with Crippen LogP contribution in [0.4, 0.5) is 0 Å². The van der Waals surface area contributed by atoms with Crippen molar-refractivity contribution in [2.24, 2.45) is 5.10 Å². The van der Waals surface area contributed by atoms with E-state index in [1.54, 1.807) is 18.2 Å². The van der Waals surface area contributed by atoms with E-state index in [-0.39, 0.29) is 11.3 Å². The minimum Gasteiger partial charge on any atom is -0.441 e. The molecule has 0 aliphatic heterocycles. The minimum absolute atomic E-state index is 0.0444. The molecule has 2 N–H and O–H groups in total. The number of rotatable bonds is 4. The fourth-order valence-corrected chi connectivity index (χ4v) is 2.32. The number of nitrogens with one attached hydrogen (secondary N) is 1. The van der Waals surface area contributed by atoms with Crippen molar-refractivity contribution in [3.8, 4) is 0 Å². The summed E-state index contributed by atoms with van der Waals surface area (Å²) < 4.78 is 35.2. The lowest BCUT2D eigenvalue weighted by molar-refractivity contribution is 0.0955. The largest absolute Gasteiger partial charge is 0.441 e. The van der Waals surface area contributed by atoms with Gasteiger partial charge in [-0.05, 0) is 36.8 Å². The summed E-state index contributed by atoms with van der Waals surface area (Å²) in [7, 11) is -4.41. The molecule has 0 radical (unpaired) electrons. The van der Waals surface area contributed by atoms with Gasteiger partial charge in [0, 0.05) is 0 Å². The number of furan rings is 1. The number of hydrogen-bond acceptors (Lipinski definition) is 5. The highest BCUT2D eigenvalue weighted by Crippen LogP contribution is 2.17. The summed E-state index contributed by atoms with van der Waals surface area (Å²) in [4.78, 5) is 11.9. The van der Waals surface area contributed by atoms with E-state index in [9.17, 15) is 13.2 Å². The first-order valence-corrected chi connectivity index (χ1v) is 7.76. The van der Waals surface area contributed by atoms with Gasteiger partial charge in [-0.3, -0.25) is 9.35 Å². The van der Waals surface area contributed by atoms with Crippen LogP contribution in [0.1, 0.15) is 21.7 Å². The van der Waals surface area contributed by atoms with Gasteiger partial charge in [0.2, 0.25) is 5.09 Å². The highest BCUT2D eigenvalue weighted by molar-refractivity contribution is 7.85. The highest BCUT2D eigenvalue weighted by Gasteiger charge is 2.14. The number of nitrogens with zero attached hydrogens (tertiary/aromatic N) is 1. The number of aryl methyl sites for hydroxylation is 1. The fraction of sp³-hybridized carbons (Fsp3) is 0.0769. The first-order chi connectivity index (χ1) is 10.3. The Morgan fingerprint density at radius 1 is 1.36 bits per heavy atom. The van der Waals surface area contributed by atoms with Crippen LogP contribution in [0.2, 0.25) is 5.02 Å². The molecule has 1 heterocycles. The second-order valence-electron chi connectivity index (χ2n) is 4.31. The maximum Gasteiger partial charge on any atom is 0.328 e. The zero-order valence-corrected chi connectivity index (χ0v) is 12.9. The first-order valence-electron chi connectivity index (χ1n) is 5.94. The molecule has 0 fully saturated rings. The minimum atomic E-state index is -4.41. The van der Waals surface area contributed by atoms with Gasteiger partial charge in [0.05, 0.1) is 16.8 Å². The smallest absolute Gasteiger partial charge is 0.328 e. The van der Waals surface area contributed by atoms with Gasteiger partial charge in [0.25, 0.3) is 5.91 Å². The van der Waals surface area contributed by atoms with Crippen molar-refractivity contribution in [3.63, 3.8) is 0 Å². The molecule has 0 aliphatic rings. The van der Waals surface area contributed by atoms with E-state index in [1.165, 1.54) is 6.07 Å². The summed E-state index contributed by atoms with van der Waals surface area (Å²) in [6.45, 7) is 1.84. The molecule has 1 amide bonds. The van der Waals surface area contributed by atoms with Crippen molar-refractivity contribution in [2.45, 2.75) is 12.0 Å². The van der Waals surface area contributed by atoms with E-state index in [1.807, 2.05) is 6.92 Å². The van der Waals surface area contributed by atoms with E-state index in [2.05, 4.69) is 10.5 Å². The molecule has 0 aliphatic carbocycles. The van der Waals surface area contributed by atoms with Gasteiger partial charge in [-0.25, -0.2) is 5.43 Å². The Balaban J connectivity index is 2.06. The maximum atomic E-state index is 11.9. The van der Waals surface area contributed by atoms with E-state index < -0.39 is 21.1 Å². The molecule has 22 heavy (non-hydrogen) atoms. The Labute approximate surface area is 131 Å². The molecule has 0 bridgehead atoms. The normalized spacial score (nSPS) is 11.8. The Hall–Kier alpha value is -2.16.